The van der Waals surface area contributed by atoms with Crippen LogP contribution in [0.3, 0.4) is 0 Å². The second-order valence-corrected chi connectivity index (χ2v) is 6.26. The van der Waals surface area contributed by atoms with E-state index in [1.165, 1.54) is 24.1 Å². The van der Waals surface area contributed by atoms with Crippen LogP contribution in [-0.2, 0) is 4.74 Å². The number of nitrogens with zero attached hydrogens (tertiary/aromatic N) is 2. The second-order valence-electron chi connectivity index (χ2n) is 6.26. The summed E-state index contributed by atoms with van der Waals surface area (Å²) in [6, 6.07) is 0.448. The molecule has 20 heavy (non-hydrogen) atoms. The summed E-state index contributed by atoms with van der Waals surface area (Å²) < 4.78 is 5.33. The first-order chi connectivity index (χ1) is 9.63. The van der Waals surface area contributed by atoms with Crippen molar-refractivity contribution in [1.29, 1.82) is 0 Å². The third kappa shape index (κ3) is 3.51. The molecule has 2 atom stereocenters. The van der Waals surface area contributed by atoms with E-state index in [-0.39, 0.29) is 0 Å². The van der Waals surface area contributed by atoms with Gasteiger partial charge in [0.1, 0.15) is 0 Å². The molecule has 1 fully saturated rings. The lowest BCUT2D eigenvalue weighted by Crippen LogP contribution is -2.31. The summed E-state index contributed by atoms with van der Waals surface area (Å²) in [6.07, 6.45) is 10.0. The largest absolute Gasteiger partial charge is 0.382 e. The first-order valence-corrected chi connectivity index (χ1v) is 7.83. The molecule has 0 amide bonds. The maximum Gasteiger partial charge on any atom is 0.0704 e. The minimum Gasteiger partial charge on any atom is -0.382 e. The number of methoxy groups -OCH3 is 1. The Kier molecular flexibility index (Phi) is 5.41. The topological polar surface area (TPSA) is 24.8 Å². The Morgan fingerprint density at radius 1 is 1.45 bits per heavy atom. The molecule has 0 spiro atoms. The molecular weight excluding hydrogens is 248 g/mol. The van der Waals surface area contributed by atoms with Crippen LogP contribution >= 0.6 is 0 Å². The molecule has 0 aromatic carbocycles. The van der Waals surface area contributed by atoms with Gasteiger partial charge in [-0.05, 0) is 30.8 Å². The molecule has 1 aliphatic heterocycles. The van der Waals surface area contributed by atoms with Gasteiger partial charge in [-0.2, -0.15) is 5.10 Å². The van der Waals surface area contributed by atoms with Crippen molar-refractivity contribution >= 4 is 5.71 Å². The molecule has 0 aromatic heterocycles. The Bertz CT molecular complexity index is 409. The minimum atomic E-state index is 0.448. The summed E-state index contributed by atoms with van der Waals surface area (Å²) in [5, 5.41) is 7.30. The van der Waals surface area contributed by atoms with Crippen LogP contribution in [0.5, 0.6) is 0 Å². The van der Waals surface area contributed by atoms with Gasteiger partial charge in [-0.25, -0.2) is 0 Å². The molecule has 0 saturated carbocycles. The third-order valence-electron chi connectivity index (χ3n) is 4.47. The zero-order valence-corrected chi connectivity index (χ0v) is 13.3. The van der Waals surface area contributed by atoms with Crippen LogP contribution in [-0.4, -0.2) is 37.0 Å². The number of hydrazone groups is 1. The lowest BCUT2D eigenvalue weighted by Gasteiger charge is -2.26. The molecule has 1 aliphatic carbocycles. The van der Waals surface area contributed by atoms with Gasteiger partial charge in [-0.3, -0.25) is 5.01 Å². The van der Waals surface area contributed by atoms with E-state index in [1.54, 1.807) is 7.11 Å². The molecule has 1 saturated heterocycles. The maximum atomic E-state index is 5.33. The zero-order chi connectivity index (χ0) is 14.5. The number of ether oxygens (including phenoxy) is 1. The Morgan fingerprint density at radius 2 is 2.25 bits per heavy atom. The summed E-state index contributed by atoms with van der Waals surface area (Å²) in [7, 11) is 1.78. The van der Waals surface area contributed by atoms with Crippen molar-refractivity contribution in [2.24, 2.45) is 16.9 Å². The normalized spacial score (nSPS) is 24.6. The van der Waals surface area contributed by atoms with Gasteiger partial charge in [-0.15, -0.1) is 0 Å². The molecule has 3 nitrogen and oxygen atoms in total. The molecule has 3 heteroatoms. The molecule has 0 radical (unpaired) electrons. The van der Waals surface area contributed by atoms with Crippen molar-refractivity contribution in [2.45, 2.75) is 46.1 Å². The van der Waals surface area contributed by atoms with Crippen molar-refractivity contribution in [3.8, 4) is 0 Å². The van der Waals surface area contributed by atoms with Crippen LogP contribution in [0.1, 0.15) is 40.0 Å². The Balaban J connectivity index is 2.19. The molecule has 1 heterocycles. The molecule has 0 aromatic rings. The highest BCUT2D eigenvalue weighted by Gasteiger charge is 2.26. The molecule has 0 N–H and O–H groups in total. The average molecular weight is 276 g/mol. The predicted octanol–water partition coefficient (Wildman–Crippen LogP) is 3.63. The average Bonchev–Trinajstić information content (AvgIpc) is 3.07. The smallest absolute Gasteiger partial charge is 0.0704 e. The molecular formula is C17H28N2O. The van der Waals surface area contributed by atoms with Gasteiger partial charge in [0.05, 0.1) is 18.4 Å². The first kappa shape index (κ1) is 15.3. The highest BCUT2D eigenvalue weighted by atomic mass is 16.5. The lowest BCUT2D eigenvalue weighted by atomic mass is 9.88. The van der Waals surface area contributed by atoms with Gasteiger partial charge in [0.15, 0.2) is 0 Å². The maximum absolute atomic E-state index is 5.33. The monoisotopic (exact) mass is 276 g/mol. The second kappa shape index (κ2) is 7.07. The fraction of sp³-hybridized carbons (Fsp3) is 0.706. The SMILES string of the molecule is COCC1CCCN1/N=C(\C1=CC=CC1)C(C)C(C)C. The Hall–Kier alpha value is -1.09. The zero-order valence-electron chi connectivity index (χ0n) is 13.3. The molecule has 2 aliphatic rings. The predicted molar refractivity (Wildman–Crippen MR) is 84.9 cm³/mol. The number of hydrogen-bond donors (Lipinski definition) is 0. The van der Waals surface area contributed by atoms with Gasteiger partial charge in [-0.1, -0.05) is 39.0 Å². The summed E-state index contributed by atoms with van der Waals surface area (Å²) in [5.41, 5.74) is 2.65. The Labute approximate surface area is 123 Å². The van der Waals surface area contributed by atoms with E-state index in [4.69, 9.17) is 9.84 Å². The summed E-state index contributed by atoms with van der Waals surface area (Å²) in [6.45, 7) is 8.69. The quantitative estimate of drug-likeness (QED) is 0.692. The van der Waals surface area contributed by atoms with E-state index in [0.717, 1.165) is 19.6 Å². The fourth-order valence-electron chi connectivity index (χ4n) is 2.85. The molecule has 2 unspecified atom stereocenters. The molecule has 112 valence electrons. The van der Waals surface area contributed by atoms with Crippen LogP contribution in [0.2, 0.25) is 0 Å². The summed E-state index contributed by atoms with van der Waals surface area (Å²) in [5.74, 6) is 1.10. The minimum absolute atomic E-state index is 0.448. The van der Waals surface area contributed by atoms with Crippen molar-refractivity contribution in [2.75, 3.05) is 20.3 Å². The van der Waals surface area contributed by atoms with E-state index < -0.39 is 0 Å². The van der Waals surface area contributed by atoms with Crippen LogP contribution in [0.4, 0.5) is 0 Å². The van der Waals surface area contributed by atoms with Gasteiger partial charge in [0, 0.05) is 19.6 Å². The van der Waals surface area contributed by atoms with Crippen LogP contribution in [0.15, 0.2) is 28.9 Å². The van der Waals surface area contributed by atoms with Gasteiger partial charge >= 0.3 is 0 Å². The summed E-state index contributed by atoms with van der Waals surface area (Å²) in [4.78, 5) is 0. The van der Waals surface area contributed by atoms with Crippen LogP contribution in [0.25, 0.3) is 0 Å². The van der Waals surface area contributed by atoms with Crippen molar-refractivity contribution in [1.82, 2.24) is 5.01 Å². The van der Waals surface area contributed by atoms with Crippen molar-refractivity contribution < 1.29 is 4.74 Å². The van der Waals surface area contributed by atoms with Crippen LogP contribution in [0, 0.1) is 11.8 Å². The summed E-state index contributed by atoms with van der Waals surface area (Å²) >= 11 is 0. The molecule has 0 bridgehead atoms. The third-order valence-corrected chi connectivity index (χ3v) is 4.47. The van der Waals surface area contributed by atoms with Gasteiger partial charge in [0.25, 0.3) is 0 Å². The van der Waals surface area contributed by atoms with E-state index >= 15 is 0 Å². The van der Waals surface area contributed by atoms with E-state index in [0.29, 0.717) is 17.9 Å². The first-order valence-electron chi connectivity index (χ1n) is 7.83. The van der Waals surface area contributed by atoms with Crippen LogP contribution < -0.4 is 0 Å². The van der Waals surface area contributed by atoms with Gasteiger partial charge < -0.3 is 4.74 Å². The standard InChI is InChI=1S/C17H28N2O/c1-13(2)14(3)17(15-8-5-6-9-15)18-19-11-7-10-16(19)12-20-4/h5-6,8,13-14,16H,7,9-12H2,1-4H3/b18-17-. The van der Waals surface area contributed by atoms with Gasteiger partial charge in [0.2, 0.25) is 0 Å². The number of allylic oxidation sites excluding steroid dienone is 4. The van der Waals surface area contributed by atoms with E-state index in [2.05, 4.69) is 44.0 Å². The highest BCUT2D eigenvalue weighted by Crippen LogP contribution is 2.25. The van der Waals surface area contributed by atoms with Crippen molar-refractivity contribution in [3.05, 3.63) is 23.8 Å². The van der Waals surface area contributed by atoms with E-state index in [1.807, 2.05) is 0 Å². The number of hydrogen-bond acceptors (Lipinski definition) is 3. The lowest BCUT2D eigenvalue weighted by molar-refractivity contribution is 0.117. The number of rotatable bonds is 6. The Morgan fingerprint density at radius 3 is 2.85 bits per heavy atom. The highest BCUT2D eigenvalue weighted by molar-refractivity contribution is 6.02. The van der Waals surface area contributed by atoms with E-state index in [9.17, 15) is 0 Å². The molecule has 2 rings (SSSR count). The van der Waals surface area contributed by atoms with Crippen molar-refractivity contribution in [3.63, 3.8) is 0 Å². The fourth-order valence-corrected chi connectivity index (χ4v) is 2.85.